The number of cyclic esters (lactones) is 1. The average molecular weight is 573 g/mol. The normalized spacial score (nSPS) is 31.4. The summed E-state index contributed by atoms with van der Waals surface area (Å²) in [7, 11) is 0. The van der Waals surface area contributed by atoms with Crippen molar-refractivity contribution in [1.82, 2.24) is 4.90 Å². The predicted molar refractivity (Wildman–Crippen MR) is 154 cm³/mol. The zero-order chi connectivity index (χ0) is 27.6. The number of para-hydroxylation sites is 1. The topological polar surface area (TPSA) is 87.2 Å². The van der Waals surface area contributed by atoms with Crippen LogP contribution in [-0.4, -0.2) is 70.1 Å². The number of aliphatic hydroxyl groups is 1. The van der Waals surface area contributed by atoms with Crippen molar-refractivity contribution in [3.05, 3.63) is 53.1 Å². The number of fused-ring (bicyclic) bond motifs is 2. The number of hydrogen-bond donors (Lipinski definition) is 1. The van der Waals surface area contributed by atoms with Crippen LogP contribution in [0.4, 0.5) is 5.69 Å². The Bertz CT molecular complexity index is 1150. The van der Waals surface area contributed by atoms with Crippen molar-refractivity contribution in [3.8, 4) is 0 Å². The number of nitrogens with zero attached hydrogens (tertiary/aromatic N) is 2. The van der Waals surface area contributed by atoms with E-state index in [1.165, 1.54) is 0 Å². The van der Waals surface area contributed by atoms with Crippen molar-refractivity contribution in [2.75, 3.05) is 31.2 Å². The minimum Gasteiger partial charge on any atom is -0.465 e. The molecule has 5 atom stereocenters. The van der Waals surface area contributed by atoms with E-state index in [4.69, 9.17) is 21.4 Å². The number of aryl methyl sites for hydroxylation is 1. The number of esters is 1. The van der Waals surface area contributed by atoms with Gasteiger partial charge >= 0.3 is 5.97 Å². The van der Waals surface area contributed by atoms with Crippen molar-refractivity contribution >= 4 is 46.8 Å². The Morgan fingerprint density at radius 1 is 1.10 bits per heavy atom. The number of hydrogen-bond acceptors (Lipinski definition) is 6. The molecule has 2 amide bonds. The van der Waals surface area contributed by atoms with Gasteiger partial charge in [0.15, 0.2) is 0 Å². The molecule has 7 nitrogen and oxygen atoms in total. The zero-order valence-electron chi connectivity index (χ0n) is 22.4. The van der Waals surface area contributed by atoms with Gasteiger partial charge in [0.25, 0.3) is 5.91 Å². The van der Waals surface area contributed by atoms with E-state index in [2.05, 4.69) is 12.2 Å². The first-order valence-corrected chi connectivity index (χ1v) is 15.3. The Hall–Kier alpha value is -2.29. The summed E-state index contributed by atoms with van der Waals surface area (Å²) >= 11 is 8.19. The average Bonchev–Trinajstić information content (AvgIpc) is 3.29. The molecule has 1 aromatic rings. The number of allylic oxidation sites excluding steroid dienone is 1. The Balaban J connectivity index is 1.56. The molecule has 4 aliphatic rings. The standard InChI is InChI=1S/C30H37ClN2O5S/c1-20-12-10-13-21(31)25(20)32-17-11-15-30-24(23-22(39-30)14-6-2-5-9-19-38-29(23)37)27(35)33(26(30)28(32)36)16-7-3-4-8-18-34/h6,10-15,22-24,26,34H,2-5,7-9,16-19H2,1H3/b14-6-/t22-,23+,24-,26?,30-/m0/s1. The monoisotopic (exact) mass is 572 g/mol. The van der Waals surface area contributed by atoms with E-state index in [9.17, 15) is 14.4 Å². The van der Waals surface area contributed by atoms with E-state index >= 15 is 0 Å². The molecule has 0 radical (unpaired) electrons. The van der Waals surface area contributed by atoms with Crippen LogP contribution in [0, 0.1) is 18.8 Å². The van der Waals surface area contributed by atoms with Gasteiger partial charge in [-0.05, 0) is 50.7 Å². The molecule has 1 N–H and O–H groups in total. The van der Waals surface area contributed by atoms with Gasteiger partial charge in [-0.3, -0.25) is 14.4 Å². The van der Waals surface area contributed by atoms with Gasteiger partial charge in [-0.25, -0.2) is 0 Å². The van der Waals surface area contributed by atoms with E-state index < -0.39 is 22.6 Å². The van der Waals surface area contributed by atoms with Crippen LogP contribution < -0.4 is 4.90 Å². The number of halogens is 1. The van der Waals surface area contributed by atoms with E-state index in [0.29, 0.717) is 36.8 Å². The molecule has 1 spiro atoms. The van der Waals surface area contributed by atoms with E-state index in [1.807, 2.05) is 31.2 Å². The third kappa shape index (κ3) is 5.16. The largest absolute Gasteiger partial charge is 0.465 e. The number of aliphatic hydroxyl groups excluding tert-OH is 1. The van der Waals surface area contributed by atoms with Crippen molar-refractivity contribution in [3.63, 3.8) is 0 Å². The number of unbranched alkanes of at least 4 members (excludes halogenated alkanes) is 3. The maximum Gasteiger partial charge on any atom is 0.311 e. The number of thioether (sulfide) groups is 1. The molecule has 2 fully saturated rings. The Morgan fingerprint density at radius 3 is 2.72 bits per heavy atom. The van der Waals surface area contributed by atoms with Gasteiger partial charge in [-0.1, -0.05) is 60.9 Å². The summed E-state index contributed by atoms with van der Waals surface area (Å²) in [5, 5.41) is 9.40. The lowest BCUT2D eigenvalue weighted by atomic mass is 9.78. The van der Waals surface area contributed by atoms with Gasteiger partial charge in [0.2, 0.25) is 5.91 Å². The van der Waals surface area contributed by atoms with Gasteiger partial charge < -0.3 is 19.6 Å². The van der Waals surface area contributed by atoms with Crippen LogP contribution in [0.3, 0.4) is 0 Å². The van der Waals surface area contributed by atoms with Crippen LogP contribution in [0.15, 0.2) is 42.5 Å². The lowest BCUT2D eigenvalue weighted by Gasteiger charge is -2.35. The summed E-state index contributed by atoms with van der Waals surface area (Å²) in [6.45, 7) is 3.18. The lowest BCUT2D eigenvalue weighted by molar-refractivity contribution is -0.153. The molecule has 0 aliphatic carbocycles. The highest BCUT2D eigenvalue weighted by atomic mass is 35.5. The molecule has 210 valence electrons. The Labute approximate surface area is 239 Å². The molecule has 5 rings (SSSR count). The summed E-state index contributed by atoms with van der Waals surface area (Å²) in [6, 6.07) is 4.81. The summed E-state index contributed by atoms with van der Waals surface area (Å²) in [5.74, 6) is -2.00. The Morgan fingerprint density at radius 2 is 1.92 bits per heavy atom. The number of anilines is 1. The number of rotatable bonds is 7. The smallest absolute Gasteiger partial charge is 0.311 e. The fourth-order valence-corrected chi connectivity index (χ4v) is 8.90. The molecule has 0 bridgehead atoms. The van der Waals surface area contributed by atoms with Gasteiger partial charge in [0.1, 0.15) is 6.04 Å². The van der Waals surface area contributed by atoms with Crippen LogP contribution >= 0.6 is 23.4 Å². The molecular formula is C30H37ClN2O5S. The number of ether oxygens (including phenoxy) is 1. The van der Waals surface area contributed by atoms with Gasteiger partial charge in [-0.15, -0.1) is 11.8 Å². The minimum absolute atomic E-state index is 0.140. The summed E-state index contributed by atoms with van der Waals surface area (Å²) in [5.41, 5.74) is 1.54. The second kappa shape index (κ2) is 12.1. The van der Waals surface area contributed by atoms with E-state index in [1.54, 1.807) is 27.6 Å². The van der Waals surface area contributed by atoms with Crippen LogP contribution in [-0.2, 0) is 19.1 Å². The molecule has 0 saturated carbocycles. The maximum absolute atomic E-state index is 14.5. The number of amides is 2. The van der Waals surface area contributed by atoms with E-state index in [-0.39, 0.29) is 29.6 Å². The molecule has 1 unspecified atom stereocenters. The molecule has 9 heteroatoms. The lowest BCUT2D eigenvalue weighted by Crippen LogP contribution is -2.53. The highest BCUT2D eigenvalue weighted by molar-refractivity contribution is 8.02. The highest BCUT2D eigenvalue weighted by Gasteiger charge is 2.70. The number of benzene rings is 1. The second-order valence-corrected chi connectivity index (χ2v) is 12.8. The first-order valence-electron chi connectivity index (χ1n) is 14.1. The maximum atomic E-state index is 14.5. The number of likely N-dealkylation sites (tertiary alicyclic amines) is 1. The highest BCUT2D eigenvalue weighted by Crippen LogP contribution is 2.61. The summed E-state index contributed by atoms with van der Waals surface area (Å²) in [6.07, 6.45) is 13.9. The van der Waals surface area contributed by atoms with Crippen LogP contribution in [0.25, 0.3) is 0 Å². The molecule has 0 aromatic heterocycles. The van der Waals surface area contributed by atoms with E-state index in [0.717, 1.165) is 44.1 Å². The first kappa shape index (κ1) is 28.2. The summed E-state index contributed by atoms with van der Waals surface area (Å²) < 4.78 is 4.81. The predicted octanol–water partition coefficient (Wildman–Crippen LogP) is 4.68. The van der Waals surface area contributed by atoms with Gasteiger partial charge in [0.05, 0.1) is 33.9 Å². The quantitative estimate of drug-likeness (QED) is 0.290. The van der Waals surface area contributed by atoms with Gasteiger partial charge in [-0.2, -0.15) is 0 Å². The fourth-order valence-electron chi connectivity index (χ4n) is 6.57. The third-order valence-corrected chi connectivity index (χ3v) is 10.4. The Kier molecular flexibility index (Phi) is 8.74. The van der Waals surface area contributed by atoms with Crippen molar-refractivity contribution in [1.29, 1.82) is 0 Å². The number of carbonyl (C=O) groups excluding carboxylic acids is 3. The number of carbonyl (C=O) groups is 3. The molecule has 4 heterocycles. The second-order valence-electron chi connectivity index (χ2n) is 10.9. The zero-order valence-corrected chi connectivity index (χ0v) is 24.0. The SMILES string of the molecule is Cc1cccc(Cl)c1N1CC=C[C@]23S[C@H]4/C=C\CCCCOC(=O)[C@H]4[C@H]2C(=O)N(CCCCCCO)C3C1=O. The van der Waals surface area contributed by atoms with Crippen molar-refractivity contribution < 1.29 is 24.2 Å². The van der Waals surface area contributed by atoms with Crippen molar-refractivity contribution in [2.24, 2.45) is 11.8 Å². The molecule has 39 heavy (non-hydrogen) atoms. The summed E-state index contributed by atoms with van der Waals surface area (Å²) in [4.78, 5) is 45.7. The minimum atomic E-state index is -0.879. The first-order chi connectivity index (χ1) is 18.9. The van der Waals surface area contributed by atoms with Crippen molar-refractivity contribution in [2.45, 2.75) is 67.9 Å². The molecular weight excluding hydrogens is 536 g/mol. The van der Waals surface area contributed by atoms with Gasteiger partial charge in [0, 0.05) is 24.9 Å². The molecule has 1 aromatic carbocycles. The van der Waals surface area contributed by atoms with Crippen LogP contribution in [0.1, 0.15) is 50.5 Å². The molecule has 4 aliphatic heterocycles. The fraction of sp³-hybridized carbons (Fsp3) is 0.567. The molecule has 2 saturated heterocycles. The van der Waals surface area contributed by atoms with Crippen LogP contribution in [0.5, 0.6) is 0 Å². The van der Waals surface area contributed by atoms with Crippen LogP contribution in [0.2, 0.25) is 5.02 Å². The third-order valence-electron chi connectivity index (χ3n) is 8.37.